The van der Waals surface area contributed by atoms with Crippen LogP contribution in [0.3, 0.4) is 0 Å². The maximum atomic E-state index is 5.27. The SMILES string of the molecule is CN1CCN(C2COC2)CC(C)(C)C1. The molecule has 2 aliphatic heterocycles. The molecule has 2 fully saturated rings. The molecule has 0 spiro atoms. The zero-order chi connectivity index (χ0) is 10.2. The van der Waals surface area contributed by atoms with Gasteiger partial charge in [-0.25, -0.2) is 0 Å². The number of hydrogen-bond donors (Lipinski definition) is 0. The molecule has 0 N–H and O–H groups in total. The van der Waals surface area contributed by atoms with Gasteiger partial charge in [-0.15, -0.1) is 0 Å². The quantitative estimate of drug-likeness (QED) is 0.615. The first-order valence-electron chi connectivity index (χ1n) is 5.57. The second-order valence-corrected chi connectivity index (χ2v) is 5.56. The fraction of sp³-hybridized carbons (Fsp3) is 1.00. The highest BCUT2D eigenvalue weighted by molar-refractivity contribution is 4.87. The van der Waals surface area contributed by atoms with Gasteiger partial charge in [0.05, 0.1) is 19.3 Å². The Labute approximate surface area is 87.0 Å². The maximum Gasteiger partial charge on any atom is 0.0645 e. The van der Waals surface area contributed by atoms with Gasteiger partial charge in [-0.1, -0.05) is 13.8 Å². The van der Waals surface area contributed by atoms with E-state index in [1.165, 1.54) is 26.2 Å². The Hall–Kier alpha value is -0.120. The summed E-state index contributed by atoms with van der Waals surface area (Å²) in [6, 6.07) is 0.695. The standard InChI is InChI=1S/C11H22N2O/c1-11(2)8-12(3)4-5-13(9-11)10-6-14-7-10/h10H,4-9H2,1-3H3. The summed E-state index contributed by atoms with van der Waals surface area (Å²) in [5.41, 5.74) is 0.418. The van der Waals surface area contributed by atoms with Gasteiger partial charge in [-0.05, 0) is 12.5 Å². The molecule has 3 heteroatoms. The fourth-order valence-electron chi connectivity index (χ4n) is 2.53. The Bertz CT molecular complexity index is 201. The van der Waals surface area contributed by atoms with Crippen molar-refractivity contribution in [3.05, 3.63) is 0 Å². The first kappa shape index (κ1) is 10.4. The molecule has 2 rings (SSSR count). The van der Waals surface area contributed by atoms with Gasteiger partial charge in [0, 0.05) is 26.2 Å². The van der Waals surface area contributed by atoms with Crippen LogP contribution in [0, 0.1) is 5.41 Å². The Kier molecular flexibility index (Phi) is 2.82. The first-order chi connectivity index (χ1) is 6.57. The predicted molar refractivity (Wildman–Crippen MR) is 57.5 cm³/mol. The van der Waals surface area contributed by atoms with Gasteiger partial charge >= 0.3 is 0 Å². The lowest BCUT2D eigenvalue weighted by atomic mass is 9.92. The van der Waals surface area contributed by atoms with Crippen molar-refractivity contribution in [1.82, 2.24) is 9.80 Å². The van der Waals surface area contributed by atoms with Gasteiger partial charge in [0.25, 0.3) is 0 Å². The van der Waals surface area contributed by atoms with Crippen LogP contribution in [0.5, 0.6) is 0 Å². The third-order valence-electron chi connectivity index (χ3n) is 3.23. The van der Waals surface area contributed by atoms with E-state index < -0.39 is 0 Å². The van der Waals surface area contributed by atoms with Crippen LogP contribution in [0.15, 0.2) is 0 Å². The summed E-state index contributed by atoms with van der Waals surface area (Å²) in [6.45, 7) is 11.4. The number of ether oxygens (including phenoxy) is 1. The van der Waals surface area contributed by atoms with E-state index in [2.05, 4.69) is 30.7 Å². The van der Waals surface area contributed by atoms with Crippen LogP contribution in [-0.4, -0.2) is 62.3 Å². The van der Waals surface area contributed by atoms with Crippen molar-refractivity contribution in [2.45, 2.75) is 19.9 Å². The predicted octanol–water partition coefficient (Wildman–Crippen LogP) is 0.659. The zero-order valence-electron chi connectivity index (χ0n) is 9.62. The highest BCUT2D eigenvalue weighted by atomic mass is 16.5. The summed E-state index contributed by atoms with van der Waals surface area (Å²) in [5, 5.41) is 0. The van der Waals surface area contributed by atoms with Crippen molar-refractivity contribution in [2.24, 2.45) is 5.41 Å². The second-order valence-electron chi connectivity index (χ2n) is 5.56. The number of nitrogens with zero attached hydrogens (tertiary/aromatic N) is 2. The summed E-state index contributed by atoms with van der Waals surface area (Å²) < 4.78 is 5.27. The van der Waals surface area contributed by atoms with Crippen LogP contribution >= 0.6 is 0 Å². The molecular formula is C11H22N2O. The molecular weight excluding hydrogens is 176 g/mol. The molecule has 0 aromatic heterocycles. The monoisotopic (exact) mass is 198 g/mol. The molecule has 0 aliphatic carbocycles. The second kappa shape index (κ2) is 3.80. The summed E-state index contributed by atoms with van der Waals surface area (Å²) >= 11 is 0. The molecule has 0 unspecified atom stereocenters. The number of likely N-dealkylation sites (N-methyl/N-ethyl adjacent to an activating group) is 1. The molecule has 2 saturated heterocycles. The lowest BCUT2D eigenvalue weighted by Crippen LogP contribution is -2.52. The summed E-state index contributed by atoms with van der Waals surface area (Å²) in [6.07, 6.45) is 0. The van der Waals surface area contributed by atoms with E-state index in [0.29, 0.717) is 11.5 Å². The highest BCUT2D eigenvalue weighted by Gasteiger charge is 2.33. The van der Waals surface area contributed by atoms with Gasteiger partial charge < -0.3 is 9.64 Å². The minimum atomic E-state index is 0.418. The van der Waals surface area contributed by atoms with E-state index >= 15 is 0 Å². The molecule has 0 aromatic carbocycles. The average Bonchev–Trinajstić information content (AvgIpc) is 2.05. The van der Waals surface area contributed by atoms with Crippen LogP contribution in [0.2, 0.25) is 0 Å². The Balaban J connectivity index is 1.97. The van der Waals surface area contributed by atoms with Gasteiger partial charge in [0.15, 0.2) is 0 Å². The van der Waals surface area contributed by atoms with Crippen molar-refractivity contribution in [2.75, 3.05) is 46.4 Å². The van der Waals surface area contributed by atoms with E-state index in [1.807, 2.05) is 0 Å². The molecule has 3 nitrogen and oxygen atoms in total. The highest BCUT2D eigenvalue weighted by Crippen LogP contribution is 2.24. The van der Waals surface area contributed by atoms with E-state index in [0.717, 1.165) is 13.2 Å². The van der Waals surface area contributed by atoms with E-state index in [4.69, 9.17) is 4.74 Å². The smallest absolute Gasteiger partial charge is 0.0645 e. The lowest BCUT2D eigenvalue weighted by molar-refractivity contribution is -0.0699. The molecule has 0 radical (unpaired) electrons. The largest absolute Gasteiger partial charge is 0.378 e. The lowest BCUT2D eigenvalue weighted by Gasteiger charge is -2.39. The van der Waals surface area contributed by atoms with Gasteiger partial charge in [0.2, 0.25) is 0 Å². The summed E-state index contributed by atoms with van der Waals surface area (Å²) in [7, 11) is 2.22. The summed E-state index contributed by atoms with van der Waals surface area (Å²) in [4.78, 5) is 5.05. The molecule has 82 valence electrons. The zero-order valence-corrected chi connectivity index (χ0v) is 9.62. The van der Waals surface area contributed by atoms with Crippen molar-refractivity contribution >= 4 is 0 Å². The molecule has 0 saturated carbocycles. The minimum absolute atomic E-state index is 0.418. The number of rotatable bonds is 1. The van der Waals surface area contributed by atoms with Crippen molar-refractivity contribution in [1.29, 1.82) is 0 Å². The first-order valence-corrected chi connectivity index (χ1v) is 5.57. The van der Waals surface area contributed by atoms with Crippen LogP contribution in [0.4, 0.5) is 0 Å². The van der Waals surface area contributed by atoms with Crippen LogP contribution in [0.25, 0.3) is 0 Å². The Morgan fingerprint density at radius 3 is 2.43 bits per heavy atom. The summed E-state index contributed by atoms with van der Waals surface area (Å²) in [5.74, 6) is 0. The van der Waals surface area contributed by atoms with Crippen LogP contribution in [-0.2, 0) is 4.74 Å². The van der Waals surface area contributed by atoms with E-state index in [1.54, 1.807) is 0 Å². The van der Waals surface area contributed by atoms with Crippen molar-refractivity contribution in [3.63, 3.8) is 0 Å². The van der Waals surface area contributed by atoms with Gasteiger partial charge in [-0.2, -0.15) is 0 Å². The van der Waals surface area contributed by atoms with E-state index in [9.17, 15) is 0 Å². The van der Waals surface area contributed by atoms with Crippen LogP contribution < -0.4 is 0 Å². The molecule has 2 aliphatic rings. The molecule has 2 heterocycles. The maximum absolute atomic E-state index is 5.27. The van der Waals surface area contributed by atoms with Crippen molar-refractivity contribution in [3.8, 4) is 0 Å². The van der Waals surface area contributed by atoms with Crippen LogP contribution in [0.1, 0.15) is 13.8 Å². The molecule has 0 aromatic rings. The number of hydrogen-bond acceptors (Lipinski definition) is 3. The molecule has 0 atom stereocenters. The van der Waals surface area contributed by atoms with E-state index in [-0.39, 0.29) is 0 Å². The van der Waals surface area contributed by atoms with Gasteiger partial charge in [-0.3, -0.25) is 4.90 Å². The molecule has 14 heavy (non-hydrogen) atoms. The van der Waals surface area contributed by atoms with Crippen molar-refractivity contribution < 1.29 is 4.74 Å². The third kappa shape index (κ3) is 2.27. The molecule has 0 amide bonds. The Morgan fingerprint density at radius 2 is 1.86 bits per heavy atom. The average molecular weight is 198 g/mol. The third-order valence-corrected chi connectivity index (χ3v) is 3.23. The normalized spacial score (nSPS) is 31.1. The fourth-order valence-corrected chi connectivity index (χ4v) is 2.53. The topological polar surface area (TPSA) is 15.7 Å². The molecule has 0 bridgehead atoms. The van der Waals surface area contributed by atoms with Gasteiger partial charge in [0.1, 0.15) is 0 Å². The Morgan fingerprint density at radius 1 is 1.14 bits per heavy atom. The minimum Gasteiger partial charge on any atom is -0.378 e.